The van der Waals surface area contributed by atoms with Gasteiger partial charge in [0.15, 0.2) is 0 Å². The van der Waals surface area contributed by atoms with Gasteiger partial charge >= 0.3 is 0 Å². The third kappa shape index (κ3) is 2.05. The van der Waals surface area contributed by atoms with E-state index in [1.807, 2.05) is 25.1 Å². The van der Waals surface area contributed by atoms with Crippen LogP contribution in [0.3, 0.4) is 0 Å². The molecular weight excluding hydrogens is 253 g/mol. The predicted molar refractivity (Wildman–Crippen MR) is 80.6 cm³/mol. The number of nitrogens with zero attached hydrogens (tertiary/aromatic N) is 1. The van der Waals surface area contributed by atoms with Gasteiger partial charge in [0, 0.05) is 22.7 Å². The van der Waals surface area contributed by atoms with Crippen LogP contribution in [0.25, 0.3) is 10.8 Å². The molecule has 1 aromatic heterocycles. The molecule has 0 bridgehead atoms. The number of hydrogen-bond acceptors (Lipinski definition) is 3. The Balaban J connectivity index is 2.16. The number of para-hydroxylation sites is 1. The third-order valence-electron chi connectivity index (χ3n) is 3.26. The van der Waals surface area contributed by atoms with Crippen molar-refractivity contribution in [2.24, 2.45) is 0 Å². The van der Waals surface area contributed by atoms with E-state index in [0.717, 1.165) is 16.3 Å². The maximum Gasteiger partial charge on any atom is 0.146 e. The zero-order valence-electron chi connectivity index (χ0n) is 11.0. The number of aromatic nitrogens is 1. The highest BCUT2D eigenvalue weighted by molar-refractivity contribution is 6.02. The van der Waals surface area contributed by atoms with Gasteiger partial charge in [-0.1, -0.05) is 24.3 Å². The molecule has 0 amide bonds. The molecule has 0 saturated heterocycles. The minimum Gasteiger partial charge on any atom is -0.398 e. The first-order valence-corrected chi connectivity index (χ1v) is 6.32. The molecule has 0 saturated carbocycles. The molecule has 3 nitrogen and oxygen atoms in total. The summed E-state index contributed by atoms with van der Waals surface area (Å²) in [5.74, 6) is 0.287. The number of pyridine rings is 1. The third-order valence-corrected chi connectivity index (χ3v) is 3.26. The lowest BCUT2D eigenvalue weighted by molar-refractivity contribution is 0.632. The molecule has 0 fully saturated rings. The van der Waals surface area contributed by atoms with Gasteiger partial charge in [0.25, 0.3) is 0 Å². The maximum absolute atomic E-state index is 13.7. The predicted octanol–water partition coefficient (Wildman–Crippen LogP) is 4.01. The Morgan fingerprint density at radius 2 is 1.90 bits per heavy atom. The van der Waals surface area contributed by atoms with Crippen molar-refractivity contribution in [2.45, 2.75) is 6.92 Å². The first-order valence-electron chi connectivity index (χ1n) is 6.32. The highest BCUT2D eigenvalue weighted by Crippen LogP contribution is 2.30. The molecule has 3 aromatic rings. The summed E-state index contributed by atoms with van der Waals surface area (Å²) in [7, 11) is 0. The van der Waals surface area contributed by atoms with Crippen molar-refractivity contribution in [3.8, 4) is 0 Å². The van der Waals surface area contributed by atoms with E-state index in [0.29, 0.717) is 17.2 Å². The number of nitrogens with one attached hydrogen (secondary N) is 1. The van der Waals surface area contributed by atoms with Crippen molar-refractivity contribution >= 4 is 28.0 Å². The Bertz CT molecular complexity index is 776. The van der Waals surface area contributed by atoms with Gasteiger partial charge in [0.05, 0.1) is 5.69 Å². The smallest absolute Gasteiger partial charge is 0.146 e. The van der Waals surface area contributed by atoms with Crippen molar-refractivity contribution in [3.63, 3.8) is 0 Å². The Labute approximate surface area is 116 Å². The molecule has 0 unspecified atom stereocenters. The van der Waals surface area contributed by atoms with E-state index in [1.165, 1.54) is 6.07 Å². The van der Waals surface area contributed by atoms with E-state index in [9.17, 15) is 4.39 Å². The second-order valence-corrected chi connectivity index (χ2v) is 4.66. The van der Waals surface area contributed by atoms with E-state index in [4.69, 9.17) is 5.73 Å². The van der Waals surface area contributed by atoms with Crippen molar-refractivity contribution in [3.05, 3.63) is 60.0 Å². The van der Waals surface area contributed by atoms with E-state index in [2.05, 4.69) is 10.3 Å². The number of nitrogens with two attached hydrogens (primary N) is 1. The number of rotatable bonds is 2. The SMILES string of the molecule is Cc1cnc(Nc2ccccc2F)c2cccc(N)c12. The topological polar surface area (TPSA) is 50.9 Å². The van der Waals surface area contributed by atoms with Gasteiger partial charge in [-0.2, -0.15) is 0 Å². The average molecular weight is 267 g/mol. The fraction of sp³-hybridized carbons (Fsp3) is 0.0625. The summed E-state index contributed by atoms with van der Waals surface area (Å²) in [6.07, 6.45) is 1.74. The lowest BCUT2D eigenvalue weighted by Crippen LogP contribution is -1.99. The van der Waals surface area contributed by atoms with E-state index >= 15 is 0 Å². The largest absolute Gasteiger partial charge is 0.398 e. The molecule has 0 aliphatic rings. The van der Waals surface area contributed by atoms with Crippen molar-refractivity contribution in [2.75, 3.05) is 11.1 Å². The Morgan fingerprint density at radius 1 is 1.10 bits per heavy atom. The number of fused-ring (bicyclic) bond motifs is 1. The van der Waals surface area contributed by atoms with Crippen LogP contribution in [-0.2, 0) is 0 Å². The van der Waals surface area contributed by atoms with Crippen LogP contribution < -0.4 is 11.1 Å². The van der Waals surface area contributed by atoms with Crippen LogP contribution in [0.5, 0.6) is 0 Å². The maximum atomic E-state index is 13.7. The molecule has 3 N–H and O–H groups in total. The highest BCUT2D eigenvalue weighted by Gasteiger charge is 2.09. The zero-order valence-corrected chi connectivity index (χ0v) is 11.0. The zero-order chi connectivity index (χ0) is 14.1. The molecule has 4 heteroatoms. The summed E-state index contributed by atoms with van der Waals surface area (Å²) in [4.78, 5) is 4.35. The summed E-state index contributed by atoms with van der Waals surface area (Å²) >= 11 is 0. The summed E-state index contributed by atoms with van der Waals surface area (Å²) in [5.41, 5.74) is 8.11. The number of aryl methyl sites for hydroxylation is 1. The first kappa shape index (κ1) is 12.4. The summed E-state index contributed by atoms with van der Waals surface area (Å²) < 4.78 is 13.7. The second kappa shape index (κ2) is 4.81. The van der Waals surface area contributed by atoms with Gasteiger partial charge in [-0.25, -0.2) is 9.37 Å². The van der Waals surface area contributed by atoms with Crippen LogP contribution in [0, 0.1) is 12.7 Å². The molecule has 0 spiro atoms. The second-order valence-electron chi connectivity index (χ2n) is 4.66. The van der Waals surface area contributed by atoms with E-state index < -0.39 is 0 Å². The Morgan fingerprint density at radius 3 is 2.70 bits per heavy atom. The fourth-order valence-corrected chi connectivity index (χ4v) is 2.29. The van der Waals surface area contributed by atoms with Crippen LogP contribution >= 0.6 is 0 Å². The van der Waals surface area contributed by atoms with E-state index in [1.54, 1.807) is 24.4 Å². The molecule has 20 heavy (non-hydrogen) atoms. The van der Waals surface area contributed by atoms with Gasteiger partial charge < -0.3 is 11.1 Å². The molecule has 0 aliphatic carbocycles. The van der Waals surface area contributed by atoms with Gasteiger partial charge in [0.1, 0.15) is 11.6 Å². The minimum absolute atomic E-state index is 0.313. The van der Waals surface area contributed by atoms with Crippen LogP contribution in [-0.4, -0.2) is 4.98 Å². The summed E-state index contributed by atoms with van der Waals surface area (Å²) in [6.45, 7) is 1.96. The van der Waals surface area contributed by atoms with Gasteiger partial charge in [-0.05, 0) is 30.7 Å². The molecule has 2 aromatic carbocycles. The minimum atomic E-state index is -0.313. The standard InChI is InChI=1S/C16H14FN3/c1-10-9-19-16(11-5-4-7-13(18)15(10)11)20-14-8-3-2-6-12(14)17/h2-9H,18H2,1H3,(H,19,20). The molecule has 3 rings (SSSR count). The summed E-state index contributed by atoms with van der Waals surface area (Å²) in [6, 6.07) is 12.2. The molecule has 1 heterocycles. The van der Waals surface area contributed by atoms with Crippen molar-refractivity contribution < 1.29 is 4.39 Å². The highest BCUT2D eigenvalue weighted by atomic mass is 19.1. The normalized spacial score (nSPS) is 10.7. The summed E-state index contributed by atoms with van der Waals surface area (Å²) in [5, 5.41) is 4.86. The van der Waals surface area contributed by atoms with Crippen molar-refractivity contribution in [1.29, 1.82) is 0 Å². The van der Waals surface area contributed by atoms with Gasteiger partial charge in [0.2, 0.25) is 0 Å². The lowest BCUT2D eigenvalue weighted by Gasteiger charge is -2.12. The number of nitrogen functional groups attached to an aromatic ring is 1. The molecule has 0 atom stereocenters. The number of benzene rings is 2. The molecule has 100 valence electrons. The van der Waals surface area contributed by atoms with Gasteiger partial charge in [-0.3, -0.25) is 0 Å². The number of hydrogen-bond donors (Lipinski definition) is 2. The van der Waals surface area contributed by atoms with Crippen LogP contribution in [0.1, 0.15) is 5.56 Å². The monoisotopic (exact) mass is 267 g/mol. The van der Waals surface area contributed by atoms with Crippen LogP contribution in [0.4, 0.5) is 21.6 Å². The quantitative estimate of drug-likeness (QED) is 0.690. The number of halogens is 1. The van der Waals surface area contributed by atoms with Crippen LogP contribution in [0.15, 0.2) is 48.7 Å². The Hall–Kier alpha value is -2.62. The fourth-order valence-electron chi connectivity index (χ4n) is 2.29. The average Bonchev–Trinajstić information content (AvgIpc) is 2.44. The lowest BCUT2D eigenvalue weighted by atomic mass is 10.1. The van der Waals surface area contributed by atoms with E-state index in [-0.39, 0.29) is 5.82 Å². The van der Waals surface area contributed by atoms with Crippen LogP contribution in [0.2, 0.25) is 0 Å². The molecule has 0 radical (unpaired) electrons. The molecular formula is C16H14FN3. The Kier molecular flexibility index (Phi) is 2.99. The van der Waals surface area contributed by atoms with Gasteiger partial charge in [-0.15, -0.1) is 0 Å². The number of anilines is 3. The van der Waals surface area contributed by atoms with Crippen molar-refractivity contribution in [1.82, 2.24) is 4.98 Å². The molecule has 0 aliphatic heterocycles. The first-order chi connectivity index (χ1) is 9.66.